The average molecular weight is 594 g/mol. The van der Waals surface area contributed by atoms with Crippen molar-refractivity contribution >= 4 is 17.4 Å². The highest BCUT2D eigenvalue weighted by atomic mass is 16.6. The molecule has 0 aliphatic heterocycles. The van der Waals surface area contributed by atoms with E-state index in [2.05, 4.69) is 0 Å². The van der Waals surface area contributed by atoms with Gasteiger partial charge in [0.1, 0.15) is 19.0 Å². The fourth-order valence-electron chi connectivity index (χ4n) is 3.21. The molecular weight excluding hydrogens is 550 g/mol. The van der Waals surface area contributed by atoms with E-state index in [1.54, 1.807) is 36.4 Å². The molecule has 2 N–H and O–H groups in total. The van der Waals surface area contributed by atoms with E-state index in [0.29, 0.717) is 109 Å². The first kappa shape index (κ1) is 35.1. The van der Waals surface area contributed by atoms with E-state index < -0.39 is 11.8 Å². The van der Waals surface area contributed by atoms with Gasteiger partial charge in [-0.2, -0.15) is 0 Å². The van der Waals surface area contributed by atoms with Crippen LogP contribution in [-0.4, -0.2) is 117 Å². The van der Waals surface area contributed by atoms with Crippen LogP contribution in [0.25, 0.3) is 0 Å². The van der Waals surface area contributed by atoms with Gasteiger partial charge in [0, 0.05) is 5.56 Å². The largest absolute Gasteiger partial charge is 0.489 e. The molecule has 234 valence electrons. The van der Waals surface area contributed by atoms with E-state index in [0.717, 1.165) is 0 Å². The molecule has 12 nitrogen and oxygen atoms in total. The zero-order chi connectivity index (χ0) is 29.9. The van der Waals surface area contributed by atoms with Crippen molar-refractivity contribution in [3.8, 4) is 5.75 Å². The second-order valence-corrected chi connectivity index (χ2v) is 8.50. The number of benzene rings is 2. The van der Waals surface area contributed by atoms with E-state index in [1.807, 2.05) is 18.2 Å². The third-order valence-corrected chi connectivity index (χ3v) is 5.32. The molecule has 12 heteroatoms. The average Bonchev–Trinajstić information content (AvgIpc) is 3.01. The Labute approximate surface area is 247 Å². The van der Waals surface area contributed by atoms with Gasteiger partial charge >= 0.3 is 5.97 Å². The van der Waals surface area contributed by atoms with Gasteiger partial charge < -0.3 is 48.4 Å². The van der Waals surface area contributed by atoms with Crippen molar-refractivity contribution < 1.29 is 52.2 Å². The molecule has 2 aromatic carbocycles. The highest BCUT2D eigenvalue weighted by molar-refractivity contribution is 6.40. The number of nitrogens with two attached hydrogens (primary N) is 1. The van der Waals surface area contributed by atoms with Crippen molar-refractivity contribution in [2.75, 3.05) is 111 Å². The van der Waals surface area contributed by atoms with Crippen LogP contribution in [0.3, 0.4) is 0 Å². The summed E-state index contributed by atoms with van der Waals surface area (Å²) in [6.07, 6.45) is 0. The molecule has 2 aromatic rings. The molecule has 0 unspecified atom stereocenters. The number of para-hydroxylation sites is 2. The number of carbonyl (C=O) groups excluding carboxylic acids is 2. The smallest absolute Gasteiger partial charge is 0.379 e. The third-order valence-electron chi connectivity index (χ3n) is 5.32. The molecule has 0 saturated carbocycles. The van der Waals surface area contributed by atoms with Crippen LogP contribution >= 0.6 is 0 Å². The summed E-state index contributed by atoms with van der Waals surface area (Å²) in [5.41, 5.74) is 6.71. The van der Waals surface area contributed by atoms with Crippen LogP contribution in [0.1, 0.15) is 10.4 Å². The highest BCUT2D eigenvalue weighted by Crippen LogP contribution is 2.19. The van der Waals surface area contributed by atoms with Gasteiger partial charge in [0.15, 0.2) is 0 Å². The number of ketones is 1. The van der Waals surface area contributed by atoms with Gasteiger partial charge in [0.2, 0.25) is 0 Å². The number of esters is 1. The van der Waals surface area contributed by atoms with E-state index >= 15 is 0 Å². The Morgan fingerprint density at radius 3 is 1.31 bits per heavy atom. The van der Waals surface area contributed by atoms with Crippen LogP contribution in [0.2, 0.25) is 0 Å². The molecule has 0 amide bonds. The van der Waals surface area contributed by atoms with Crippen LogP contribution < -0.4 is 10.5 Å². The summed E-state index contributed by atoms with van der Waals surface area (Å²) in [7, 11) is 0. The summed E-state index contributed by atoms with van der Waals surface area (Å²) in [5.74, 6) is -0.913. The monoisotopic (exact) mass is 593 g/mol. The Balaban J connectivity index is 1.21. The predicted molar refractivity (Wildman–Crippen MR) is 154 cm³/mol. The topological polar surface area (TPSA) is 143 Å². The van der Waals surface area contributed by atoms with Gasteiger partial charge in [-0.05, 0) is 12.1 Å². The lowest BCUT2D eigenvalue weighted by Crippen LogP contribution is -2.20. The first-order valence-electron chi connectivity index (χ1n) is 14.0. The van der Waals surface area contributed by atoms with Crippen molar-refractivity contribution in [1.82, 2.24) is 0 Å². The van der Waals surface area contributed by atoms with Crippen molar-refractivity contribution in [2.24, 2.45) is 0 Å². The molecule has 0 atom stereocenters. The van der Waals surface area contributed by atoms with Gasteiger partial charge in [0.25, 0.3) is 5.78 Å². The van der Waals surface area contributed by atoms with Gasteiger partial charge in [-0.1, -0.05) is 42.5 Å². The van der Waals surface area contributed by atoms with Crippen LogP contribution in [0.5, 0.6) is 5.75 Å². The summed E-state index contributed by atoms with van der Waals surface area (Å²) in [6, 6.07) is 15.6. The number of anilines is 1. The normalized spacial score (nSPS) is 11.0. The van der Waals surface area contributed by atoms with Gasteiger partial charge in [0.05, 0.1) is 98.2 Å². The minimum atomic E-state index is -0.897. The van der Waals surface area contributed by atoms with E-state index in [1.165, 1.54) is 0 Å². The summed E-state index contributed by atoms with van der Waals surface area (Å²) in [4.78, 5) is 23.6. The minimum absolute atomic E-state index is 0.00147. The zero-order valence-corrected chi connectivity index (χ0v) is 24.1. The van der Waals surface area contributed by atoms with E-state index in [9.17, 15) is 9.59 Å². The summed E-state index contributed by atoms with van der Waals surface area (Å²) in [5, 5.41) is 0. The summed E-state index contributed by atoms with van der Waals surface area (Å²) < 4.78 is 48.4. The predicted octanol–water partition coefficient (Wildman–Crippen LogP) is 2.19. The Hall–Kier alpha value is -3.10. The van der Waals surface area contributed by atoms with Crippen molar-refractivity contribution in [3.05, 3.63) is 60.2 Å². The van der Waals surface area contributed by atoms with Crippen LogP contribution in [0.15, 0.2) is 54.6 Å². The fraction of sp³-hybridized carbons (Fsp3) is 0.533. The first-order chi connectivity index (χ1) is 20.7. The van der Waals surface area contributed by atoms with E-state index in [4.69, 9.17) is 48.4 Å². The maximum Gasteiger partial charge on any atom is 0.379 e. The first-order valence-corrected chi connectivity index (χ1v) is 14.0. The Bertz CT molecular complexity index is 961. The molecule has 0 bridgehead atoms. The van der Waals surface area contributed by atoms with Gasteiger partial charge in [-0.3, -0.25) is 4.79 Å². The summed E-state index contributed by atoms with van der Waals surface area (Å²) >= 11 is 0. The van der Waals surface area contributed by atoms with E-state index in [-0.39, 0.29) is 13.2 Å². The molecule has 0 aliphatic rings. The molecule has 0 radical (unpaired) electrons. The molecule has 0 fully saturated rings. The molecule has 0 saturated heterocycles. The molecule has 0 spiro atoms. The number of nitrogen functional groups attached to an aromatic ring is 1. The zero-order valence-electron chi connectivity index (χ0n) is 24.1. The third kappa shape index (κ3) is 17.7. The maximum absolute atomic E-state index is 11.9. The lowest BCUT2D eigenvalue weighted by atomic mass is 10.1. The maximum atomic E-state index is 11.9. The Kier molecular flexibility index (Phi) is 20.5. The lowest BCUT2D eigenvalue weighted by Gasteiger charge is -2.09. The number of Topliss-reactive ketones (excluding diaryl/α,β-unsaturated/α-hetero) is 1. The lowest BCUT2D eigenvalue weighted by molar-refractivity contribution is -0.139. The number of ether oxygens (including phenoxy) is 9. The summed E-state index contributed by atoms with van der Waals surface area (Å²) in [6.45, 7) is 6.45. The van der Waals surface area contributed by atoms with Gasteiger partial charge in [-0.15, -0.1) is 0 Å². The molecule has 0 aliphatic carbocycles. The highest BCUT2D eigenvalue weighted by Gasteiger charge is 2.17. The standard InChI is InChI=1S/C30H43NO11/c31-27-8-4-5-9-28(27)41-24-22-39-20-18-37-16-14-35-12-10-34-11-13-36-15-17-38-19-21-40-23-25-42-30(33)29(32)26-6-2-1-3-7-26/h1-9H,10-25,31H2. The van der Waals surface area contributed by atoms with Crippen LogP contribution in [0.4, 0.5) is 5.69 Å². The van der Waals surface area contributed by atoms with Crippen molar-refractivity contribution in [2.45, 2.75) is 0 Å². The van der Waals surface area contributed by atoms with Gasteiger partial charge in [-0.25, -0.2) is 4.79 Å². The van der Waals surface area contributed by atoms with Crippen molar-refractivity contribution in [1.29, 1.82) is 0 Å². The number of hydrogen-bond acceptors (Lipinski definition) is 12. The SMILES string of the molecule is Nc1ccccc1OCCOCCOCCOCCOCCOCCOCCOCCOC(=O)C(=O)c1ccccc1. The second-order valence-electron chi connectivity index (χ2n) is 8.50. The fourth-order valence-corrected chi connectivity index (χ4v) is 3.21. The quantitative estimate of drug-likeness (QED) is 0.0533. The molecule has 2 rings (SSSR count). The molecular formula is C30H43NO11. The Morgan fingerprint density at radius 2 is 0.857 bits per heavy atom. The number of rotatable bonds is 27. The van der Waals surface area contributed by atoms with Crippen molar-refractivity contribution in [3.63, 3.8) is 0 Å². The second kappa shape index (κ2) is 24.5. The van der Waals surface area contributed by atoms with Crippen LogP contribution in [0, 0.1) is 0 Å². The van der Waals surface area contributed by atoms with Crippen LogP contribution in [-0.2, 0) is 42.7 Å². The number of carbonyl (C=O) groups is 2. The molecule has 42 heavy (non-hydrogen) atoms. The number of hydrogen-bond donors (Lipinski definition) is 1. The molecule has 0 aromatic heterocycles. The minimum Gasteiger partial charge on any atom is -0.489 e. The molecule has 0 heterocycles. The Morgan fingerprint density at radius 1 is 0.476 bits per heavy atom.